The molecule has 0 spiro atoms. The average Bonchev–Trinajstić information content (AvgIpc) is 2.91. The van der Waals surface area contributed by atoms with E-state index in [0.717, 1.165) is 27.5 Å². The molecule has 0 radical (unpaired) electrons. The summed E-state index contributed by atoms with van der Waals surface area (Å²) < 4.78 is 15.8. The van der Waals surface area contributed by atoms with Crippen molar-refractivity contribution in [3.63, 3.8) is 0 Å². The molecule has 3 rings (SSSR count). The number of hydrogen-bond acceptors (Lipinski definition) is 3. The predicted octanol–water partition coefficient (Wildman–Crippen LogP) is 3.13. The molecule has 6 heteroatoms. The molecule has 4 nitrogen and oxygen atoms in total. The molecule has 0 aliphatic carbocycles. The van der Waals surface area contributed by atoms with Gasteiger partial charge in [0.2, 0.25) is 0 Å². The van der Waals surface area contributed by atoms with Gasteiger partial charge >= 0.3 is 0 Å². The molecule has 0 saturated heterocycles. The van der Waals surface area contributed by atoms with Crippen molar-refractivity contribution in [2.24, 2.45) is 0 Å². The topological polar surface area (TPSA) is 42.2 Å². The summed E-state index contributed by atoms with van der Waals surface area (Å²) >= 11 is 3.42. The molecule has 2 heterocycles. The van der Waals surface area contributed by atoms with Crippen molar-refractivity contribution in [1.29, 1.82) is 0 Å². The molecule has 3 aromatic rings. The van der Waals surface area contributed by atoms with Crippen LogP contribution in [0.1, 0.15) is 17.2 Å². The van der Waals surface area contributed by atoms with Crippen molar-refractivity contribution in [1.82, 2.24) is 19.9 Å². The number of hydrogen-bond donors (Lipinski definition) is 1. The molecule has 1 unspecified atom stereocenters. The van der Waals surface area contributed by atoms with E-state index in [4.69, 9.17) is 0 Å². The van der Waals surface area contributed by atoms with Crippen molar-refractivity contribution in [3.8, 4) is 0 Å². The van der Waals surface area contributed by atoms with Gasteiger partial charge in [-0.25, -0.2) is 8.91 Å². The van der Waals surface area contributed by atoms with Gasteiger partial charge in [-0.2, -0.15) is 5.10 Å². The van der Waals surface area contributed by atoms with Gasteiger partial charge in [-0.15, -0.1) is 0 Å². The van der Waals surface area contributed by atoms with E-state index < -0.39 is 0 Å². The third-order valence-corrected chi connectivity index (χ3v) is 4.26. The Kier molecular flexibility index (Phi) is 3.98. The van der Waals surface area contributed by atoms with Crippen LogP contribution in [0.2, 0.25) is 0 Å². The first kappa shape index (κ1) is 14.2. The first-order valence-electron chi connectivity index (χ1n) is 6.57. The Labute approximate surface area is 130 Å². The van der Waals surface area contributed by atoms with E-state index in [-0.39, 0.29) is 11.9 Å². The van der Waals surface area contributed by atoms with Gasteiger partial charge in [0.05, 0.1) is 17.9 Å². The van der Waals surface area contributed by atoms with Crippen LogP contribution >= 0.6 is 15.9 Å². The summed E-state index contributed by atoms with van der Waals surface area (Å²) in [5.41, 5.74) is 3.08. The molecule has 108 valence electrons. The molecular formula is C15H14BrFN4. The average molecular weight is 349 g/mol. The number of nitrogens with zero attached hydrogens (tertiary/aromatic N) is 3. The summed E-state index contributed by atoms with van der Waals surface area (Å²) in [6.07, 6.45) is 7.89. The third kappa shape index (κ3) is 2.82. The molecule has 0 aliphatic rings. The van der Waals surface area contributed by atoms with Crippen LogP contribution in [0.4, 0.5) is 4.39 Å². The normalized spacial score (nSPS) is 12.7. The van der Waals surface area contributed by atoms with Crippen molar-refractivity contribution in [2.75, 3.05) is 7.05 Å². The van der Waals surface area contributed by atoms with Gasteiger partial charge in [0.25, 0.3) is 0 Å². The zero-order valence-corrected chi connectivity index (χ0v) is 13.0. The minimum absolute atomic E-state index is 0.0773. The molecule has 0 amide bonds. The Morgan fingerprint density at radius 3 is 3.00 bits per heavy atom. The van der Waals surface area contributed by atoms with Gasteiger partial charge in [0.15, 0.2) is 0 Å². The number of benzene rings is 1. The van der Waals surface area contributed by atoms with Crippen molar-refractivity contribution < 1.29 is 4.39 Å². The van der Waals surface area contributed by atoms with Crippen LogP contribution < -0.4 is 5.32 Å². The fourth-order valence-electron chi connectivity index (χ4n) is 2.40. The van der Waals surface area contributed by atoms with Crippen LogP contribution in [0.5, 0.6) is 0 Å². The Morgan fingerprint density at radius 2 is 2.24 bits per heavy atom. The highest BCUT2D eigenvalue weighted by molar-refractivity contribution is 9.10. The quantitative estimate of drug-likeness (QED) is 0.787. The second kappa shape index (κ2) is 5.91. The summed E-state index contributed by atoms with van der Waals surface area (Å²) in [5, 5.41) is 7.62. The van der Waals surface area contributed by atoms with Crippen LogP contribution in [0.25, 0.3) is 5.52 Å². The van der Waals surface area contributed by atoms with E-state index in [2.05, 4.69) is 31.3 Å². The summed E-state index contributed by atoms with van der Waals surface area (Å²) in [7, 11) is 1.90. The third-order valence-electron chi connectivity index (χ3n) is 3.52. The van der Waals surface area contributed by atoms with Crippen LogP contribution in [0.3, 0.4) is 0 Å². The Balaban J connectivity index is 1.95. The highest BCUT2D eigenvalue weighted by Gasteiger charge is 2.16. The van der Waals surface area contributed by atoms with Gasteiger partial charge in [-0.3, -0.25) is 4.98 Å². The number of nitrogens with one attached hydrogen (secondary N) is 1. The van der Waals surface area contributed by atoms with Gasteiger partial charge in [-0.1, -0.05) is 22.0 Å². The second-order valence-electron chi connectivity index (χ2n) is 4.79. The highest BCUT2D eigenvalue weighted by atomic mass is 79.9. The van der Waals surface area contributed by atoms with E-state index in [1.165, 1.54) is 12.1 Å². The molecule has 0 saturated carbocycles. The number of likely N-dealkylation sites (N-methyl/N-ethyl adjacent to an activating group) is 1. The smallest absolute Gasteiger partial charge is 0.124 e. The van der Waals surface area contributed by atoms with Crippen LogP contribution in [0, 0.1) is 5.82 Å². The van der Waals surface area contributed by atoms with Gasteiger partial charge in [0, 0.05) is 28.5 Å². The minimum Gasteiger partial charge on any atom is -0.313 e. The number of halogens is 2. The molecule has 1 atom stereocenters. The monoisotopic (exact) mass is 348 g/mol. The van der Waals surface area contributed by atoms with E-state index in [9.17, 15) is 4.39 Å². The lowest BCUT2D eigenvalue weighted by Gasteiger charge is -2.16. The van der Waals surface area contributed by atoms with Crippen molar-refractivity contribution >= 4 is 21.4 Å². The zero-order valence-electron chi connectivity index (χ0n) is 11.4. The predicted molar refractivity (Wildman–Crippen MR) is 82.6 cm³/mol. The number of rotatable bonds is 4. The molecule has 0 bridgehead atoms. The summed E-state index contributed by atoms with van der Waals surface area (Å²) in [4.78, 5) is 4.15. The van der Waals surface area contributed by atoms with Gasteiger partial charge in [-0.05, 0) is 31.2 Å². The van der Waals surface area contributed by atoms with Crippen LogP contribution in [-0.2, 0) is 6.42 Å². The van der Waals surface area contributed by atoms with Crippen molar-refractivity contribution in [3.05, 3.63) is 64.4 Å². The van der Waals surface area contributed by atoms with E-state index in [0.29, 0.717) is 0 Å². The molecule has 0 aliphatic heterocycles. The maximum Gasteiger partial charge on any atom is 0.124 e. The molecule has 1 aromatic carbocycles. The molecule has 21 heavy (non-hydrogen) atoms. The van der Waals surface area contributed by atoms with Crippen LogP contribution in [-0.4, -0.2) is 21.6 Å². The molecule has 2 aromatic heterocycles. The maximum absolute atomic E-state index is 13.2. The summed E-state index contributed by atoms with van der Waals surface area (Å²) in [6, 6.07) is 4.84. The second-order valence-corrected chi connectivity index (χ2v) is 5.64. The van der Waals surface area contributed by atoms with Gasteiger partial charge < -0.3 is 5.32 Å². The van der Waals surface area contributed by atoms with E-state index in [1.54, 1.807) is 23.0 Å². The lowest BCUT2D eigenvalue weighted by molar-refractivity contribution is 0.590. The first-order chi connectivity index (χ1) is 10.2. The fraction of sp³-hybridized carbons (Fsp3) is 0.200. The fourth-order valence-corrected chi connectivity index (χ4v) is 2.91. The first-order valence-corrected chi connectivity index (χ1v) is 7.37. The Bertz CT molecular complexity index is 771. The van der Waals surface area contributed by atoms with Crippen LogP contribution in [0.15, 0.2) is 47.5 Å². The maximum atomic E-state index is 13.2. The largest absolute Gasteiger partial charge is 0.313 e. The van der Waals surface area contributed by atoms with E-state index >= 15 is 0 Å². The highest BCUT2D eigenvalue weighted by Crippen LogP contribution is 2.26. The molecule has 1 N–H and O–H groups in total. The lowest BCUT2D eigenvalue weighted by Crippen LogP contribution is -2.19. The van der Waals surface area contributed by atoms with E-state index in [1.807, 2.05) is 19.4 Å². The minimum atomic E-state index is -0.244. The molecular weight excluding hydrogens is 335 g/mol. The lowest BCUT2D eigenvalue weighted by atomic mass is 10.0. The summed E-state index contributed by atoms with van der Waals surface area (Å²) in [5.74, 6) is -0.244. The van der Waals surface area contributed by atoms with Gasteiger partial charge in [0.1, 0.15) is 5.82 Å². The Morgan fingerprint density at radius 1 is 1.38 bits per heavy atom. The standard InChI is InChI=1S/C15H14BrFN4/c1-18-14(6-10-2-3-11(17)7-13(10)16)12-8-20-21-5-4-19-9-15(12)21/h2-5,7-9,14,18H,6H2,1H3. The Hall–Kier alpha value is -1.79. The molecule has 0 fully saturated rings. The SMILES string of the molecule is CNC(Cc1ccc(F)cc1Br)c1cnn2ccncc12. The summed E-state index contributed by atoms with van der Waals surface area (Å²) in [6.45, 7) is 0. The zero-order chi connectivity index (χ0) is 14.8. The van der Waals surface area contributed by atoms with Crippen molar-refractivity contribution in [2.45, 2.75) is 12.5 Å². The number of aromatic nitrogens is 3. The number of fused-ring (bicyclic) bond motifs is 1.